The molecule has 0 amide bonds. The van der Waals surface area contributed by atoms with E-state index in [-0.39, 0.29) is 4.90 Å². The van der Waals surface area contributed by atoms with E-state index in [9.17, 15) is 8.42 Å². The number of hydrogen-bond donors (Lipinski definition) is 2. The van der Waals surface area contributed by atoms with Crippen LogP contribution in [0.5, 0.6) is 0 Å². The molecule has 15 heavy (non-hydrogen) atoms. The van der Waals surface area contributed by atoms with Gasteiger partial charge >= 0.3 is 0 Å². The maximum atomic E-state index is 11.6. The van der Waals surface area contributed by atoms with Crippen molar-refractivity contribution in [1.82, 2.24) is 0 Å². The first-order valence-electron chi connectivity index (χ1n) is 4.33. The Morgan fingerprint density at radius 3 is 2.40 bits per heavy atom. The van der Waals surface area contributed by atoms with Crippen molar-refractivity contribution in [2.45, 2.75) is 11.0 Å². The molecular formula is C10H12O4S. The number of benzene rings is 1. The minimum Gasteiger partial charge on any atom is -0.393 e. The van der Waals surface area contributed by atoms with Gasteiger partial charge in [-0.2, -0.15) is 0 Å². The number of rotatable bonds is 4. The second-order valence-corrected chi connectivity index (χ2v) is 4.77. The van der Waals surface area contributed by atoms with Crippen LogP contribution >= 0.6 is 0 Å². The van der Waals surface area contributed by atoms with Gasteiger partial charge in [0.1, 0.15) is 0 Å². The summed E-state index contributed by atoms with van der Waals surface area (Å²) in [5, 5.41) is 18.4. The monoisotopic (exact) mass is 228 g/mol. The van der Waals surface area contributed by atoms with Crippen LogP contribution in [0.15, 0.2) is 46.7 Å². The van der Waals surface area contributed by atoms with Crippen molar-refractivity contribution < 1.29 is 18.6 Å². The second kappa shape index (κ2) is 5.06. The molecule has 0 radical (unpaired) electrons. The van der Waals surface area contributed by atoms with E-state index < -0.39 is 22.5 Å². The maximum Gasteiger partial charge on any atom is 0.199 e. The molecule has 0 aromatic heterocycles. The van der Waals surface area contributed by atoms with Gasteiger partial charge in [-0.15, -0.1) is 0 Å². The van der Waals surface area contributed by atoms with Crippen molar-refractivity contribution in [3.63, 3.8) is 0 Å². The summed E-state index contributed by atoms with van der Waals surface area (Å²) < 4.78 is 23.1. The fourth-order valence-corrected chi connectivity index (χ4v) is 2.03. The highest BCUT2D eigenvalue weighted by atomic mass is 32.2. The Kier molecular flexibility index (Phi) is 4.02. The Hall–Kier alpha value is -1.17. The van der Waals surface area contributed by atoms with Crippen LogP contribution in [-0.4, -0.2) is 31.3 Å². The lowest BCUT2D eigenvalue weighted by atomic mass is 10.4. The fourth-order valence-electron chi connectivity index (χ4n) is 0.944. The molecule has 0 saturated carbocycles. The molecule has 0 fully saturated rings. The molecule has 0 spiro atoms. The third kappa shape index (κ3) is 3.47. The molecule has 0 saturated heterocycles. The number of sulfone groups is 1. The summed E-state index contributed by atoms with van der Waals surface area (Å²) in [7, 11) is -3.52. The summed E-state index contributed by atoms with van der Waals surface area (Å²) in [6, 6.07) is 7.87. The van der Waals surface area contributed by atoms with Gasteiger partial charge in [0.05, 0.1) is 17.6 Å². The third-order valence-corrected chi connectivity index (χ3v) is 3.18. The number of aliphatic hydroxyl groups excluding tert-OH is 2. The lowest BCUT2D eigenvalue weighted by Gasteiger charge is -2.00. The van der Waals surface area contributed by atoms with Crippen LogP contribution in [0.2, 0.25) is 0 Å². The zero-order valence-corrected chi connectivity index (χ0v) is 8.76. The first-order valence-corrected chi connectivity index (χ1v) is 5.88. The Labute approximate surface area is 88.4 Å². The normalized spacial score (nSPS) is 14.3. The van der Waals surface area contributed by atoms with Gasteiger partial charge in [0, 0.05) is 5.41 Å². The Morgan fingerprint density at radius 2 is 1.87 bits per heavy atom. The first kappa shape index (κ1) is 11.9. The van der Waals surface area contributed by atoms with E-state index >= 15 is 0 Å². The highest BCUT2D eigenvalue weighted by molar-refractivity contribution is 7.94. The van der Waals surface area contributed by atoms with Gasteiger partial charge in [-0.3, -0.25) is 0 Å². The molecule has 0 unspecified atom stereocenters. The van der Waals surface area contributed by atoms with E-state index in [1.165, 1.54) is 12.1 Å². The SMILES string of the molecule is O=S(=O)(/C=C\[C@@H](O)CO)c1ccccc1. The Balaban J connectivity index is 2.91. The van der Waals surface area contributed by atoms with Crippen LogP contribution in [0.1, 0.15) is 0 Å². The van der Waals surface area contributed by atoms with Crippen molar-refractivity contribution in [3.05, 3.63) is 41.8 Å². The summed E-state index contributed by atoms with van der Waals surface area (Å²) in [5.74, 6) is 0. The standard InChI is InChI=1S/C10H12O4S/c11-8-9(12)6-7-15(13,14)10-4-2-1-3-5-10/h1-7,9,11-12H,8H2/b7-6-/t9-/m1/s1. The van der Waals surface area contributed by atoms with Crippen molar-refractivity contribution in [3.8, 4) is 0 Å². The summed E-state index contributed by atoms with van der Waals surface area (Å²) in [5.41, 5.74) is 0. The molecule has 1 atom stereocenters. The smallest absolute Gasteiger partial charge is 0.199 e. The van der Waals surface area contributed by atoms with Gasteiger partial charge in [0.25, 0.3) is 0 Å². The lowest BCUT2D eigenvalue weighted by Crippen LogP contribution is -2.08. The molecule has 0 heterocycles. The van der Waals surface area contributed by atoms with Crippen molar-refractivity contribution >= 4 is 9.84 Å². The average Bonchev–Trinajstić information content (AvgIpc) is 2.27. The molecular weight excluding hydrogens is 216 g/mol. The predicted octanol–water partition coefficient (Wildman–Crippen LogP) is 0.327. The molecule has 1 aromatic carbocycles. The Morgan fingerprint density at radius 1 is 1.27 bits per heavy atom. The lowest BCUT2D eigenvalue weighted by molar-refractivity contribution is 0.131. The maximum absolute atomic E-state index is 11.6. The minimum absolute atomic E-state index is 0.159. The van der Waals surface area contributed by atoms with Gasteiger partial charge in [0.2, 0.25) is 0 Å². The predicted molar refractivity (Wildman–Crippen MR) is 55.9 cm³/mol. The van der Waals surface area contributed by atoms with E-state index in [0.29, 0.717) is 0 Å². The van der Waals surface area contributed by atoms with Crippen LogP contribution in [0.25, 0.3) is 0 Å². The van der Waals surface area contributed by atoms with Crippen LogP contribution in [0.3, 0.4) is 0 Å². The van der Waals surface area contributed by atoms with E-state index in [0.717, 1.165) is 11.5 Å². The van der Waals surface area contributed by atoms with E-state index in [2.05, 4.69) is 0 Å². The molecule has 0 aliphatic rings. The summed E-state index contributed by atoms with van der Waals surface area (Å²) in [4.78, 5) is 0.159. The molecule has 1 rings (SSSR count). The zero-order valence-electron chi connectivity index (χ0n) is 7.95. The van der Waals surface area contributed by atoms with E-state index in [4.69, 9.17) is 10.2 Å². The molecule has 1 aromatic rings. The van der Waals surface area contributed by atoms with E-state index in [1.807, 2.05) is 0 Å². The van der Waals surface area contributed by atoms with Crippen molar-refractivity contribution in [2.24, 2.45) is 0 Å². The van der Waals surface area contributed by atoms with Crippen molar-refractivity contribution in [1.29, 1.82) is 0 Å². The van der Waals surface area contributed by atoms with Crippen LogP contribution < -0.4 is 0 Å². The zero-order chi connectivity index (χ0) is 11.3. The molecule has 5 heteroatoms. The topological polar surface area (TPSA) is 74.6 Å². The van der Waals surface area contributed by atoms with Gasteiger partial charge < -0.3 is 10.2 Å². The Bertz CT molecular complexity index is 422. The minimum atomic E-state index is -3.52. The van der Waals surface area contributed by atoms with Gasteiger partial charge in [-0.05, 0) is 18.2 Å². The molecule has 0 aliphatic carbocycles. The summed E-state index contributed by atoms with van der Waals surface area (Å²) >= 11 is 0. The van der Waals surface area contributed by atoms with E-state index in [1.54, 1.807) is 18.2 Å². The first-order chi connectivity index (χ1) is 7.06. The highest BCUT2D eigenvalue weighted by Crippen LogP contribution is 2.11. The van der Waals surface area contributed by atoms with Crippen LogP contribution in [0.4, 0.5) is 0 Å². The number of hydrogen-bond acceptors (Lipinski definition) is 4. The van der Waals surface area contributed by atoms with Gasteiger partial charge in [0.15, 0.2) is 9.84 Å². The largest absolute Gasteiger partial charge is 0.393 e. The summed E-state index contributed by atoms with van der Waals surface area (Å²) in [6.45, 7) is -0.499. The second-order valence-electron chi connectivity index (χ2n) is 2.94. The van der Waals surface area contributed by atoms with Gasteiger partial charge in [-0.1, -0.05) is 18.2 Å². The molecule has 0 aliphatic heterocycles. The third-order valence-electron chi connectivity index (χ3n) is 1.74. The molecule has 2 N–H and O–H groups in total. The van der Waals surface area contributed by atoms with Crippen molar-refractivity contribution in [2.75, 3.05) is 6.61 Å². The van der Waals surface area contributed by atoms with Crippen LogP contribution in [0, 0.1) is 0 Å². The molecule has 0 bridgehead atoms. The summed E-state index contributed by atoms with van der Waals surface area (Å²) in [6.07, 6.45) is -0.106. The average molecular weight is 228 g/mol. The van der Waals surface area contributed by atoms with Gasteiger partial charge in [-0.25, -0.2) is 8.42 Å². The van der Waals surface area contributed by atoms with Crippen LogP contribution in [-0.2, 0) is 9.84 Å². The quantitative estimate of drug-likeness (QED) is 0.778. The highest BCUT2D eigenvalue weighted by Gasteiger charge is 2.09. The number of aliphatic hydroxyl groups is 2. The molecule has 82 valence electrons. The fraction of sp³-hybridized carbons (Fsp3) is 0.200. The molecule has 4 nitrogen and oxygen atoms in total.